The molecule has 0 radical (unpaired) electrons. The van der Waals surface area contributed by atoms with E-state index in [-0.39, 0.29) is 54.9 Å². The monoisotopic (exact) mass is 686 g/mol. The van der Waals surface area contributed by atoms with E-state index in [0.717, 1.165) is 0 Å². The van der Waals surface area contributed by atoms with E-state index in [0.29, 0.717) is 0 Å². The Kier molecular flexibility index (Phi) is 20.4. The van der Waals surface area contributed by atoms with Crippen molar-refractivity contribution in [1.29, 1.82) is 0 Å². The minimum atomic E-state index is -0.461. The summed E-state index contributed by atoms with van der Waals surface area (Å²) >= 11 is 4.24. The van der Waals surface area contributed by atoms with E-state index in [1.165, 1.54) is 0 Å². The Balaban J connectivity index is -0.000000487. The number of ether oxygens (including phenoxy) is 2. The van der Waals surface area contributed by atoms with Crippen LogP contribution >= 0.6 is 37.2 Å². The van der Waals surface area contributed by atoms with E-state index >= 15 is 0 Å². The van der Waals surface area contributed by atoms with Gasteiger partial charge in [-0.1, -0.05) is 83.1 Å². The van der Waals surface area contributed by atoms with Gasteiger partial charge in [0.2, 0.25) is 0 Å². The maximum Gasteiger partial charge on any atom is 0.308 e. The van der Waals surface area contributed by atoms with Gasteiger partial charge in [-0.3, -0.25) is 9.59 Å². The Morgan fingerprint density at radius 1 is 0.781 bits per heavy atom. The predicted molar refractivity (Wildman–Crippen MR) is 149 cm³/mol. The Bertz CT molecular complexity index is 515. The molecule has 2 N–H and O–H groups in total. The van der Waals surface area contributed by atoms with E-state index in [4.69, 9.17) is 9.47 Å². The smallest absolute Gasteiger partial charge is 0.308 e. The molecule has 194 valence electrons. The van der Waals surface area contributed by atoms with Crippen LogP contribution in [0.4, 0.5) is 0 Å². The van der Waals surface area contributed by atoms with Gasteiger partial charge in [0.1, 0.15) is 6.10 Å². The highest BCUT2D eigenvalue weighted by Crippen LogP contribution is 2.29. The molecule has 0 spiro atoms. The maximum atomic E-state index is 11.5. The first-order valence-electron chi connectivity index (χ1n) is 11.2. The second-order valence-corrected chi connectivity index (χ2v) is 10.8. The van der Waals surface area contributed by atoms with Crippen molar-refractivity contribution >= 4 is 49.2 Å². The molecule has 0 aromatic heterocycles. The van der Waals surface area contributed by atoms with E-state index < -0.39 is 16.9 Å². The van der Waals surface area contributed by atoms with Crippen LogP contribution in [-0.2, 0) is 19.1 Å². The first kappa shape index (κ1) is 36.9. The molecule has 0 aromatic carbocycles. The molecule has 0 saturated heterocycles. The Morgan fingerprint density at radius 2 is 1.19 bits per heavy atom. The van der Waals surface area contributed by atoms with Gasteiger partial charge in [-0.2, -0.15) is 0 Å². The predicted octanol–water partition coefficient (Wildman–Crippen LogP) is 6.23. The topological polar surface area (TPSA) is 93.1 Å². The van der Waals surface area contributed by atoms with E-state index in [2.05, 4.69) is 37.2 Å². The Hall–Kier alpha value is 0.320. The highest BCUT2D eigenvalue weighted by atomic mass is 128. The van der Waals surface area contributed by atoms with Crippen LogP contribution in [0, 0.1) is 34.5 Å². The van der Waals surface area contributed by atoms with E-state index in [9.17, 15) is 19.8 Å². The van der Waals surface area contributed by atoms with Crippen LogP contribution in [-0.4, -0.2) is 47.6 Å². The lowest BCUT2D eigenvalue weighted by Crippen LogP contribution is -2.41. The summed E-state index contributed by atoms with van der Waals surface area (Å²) in [6.45, 7) is 23.0. The molecule has 0 fully saturated rings. The van der Waals surface area contributed by atoms with Crippen LogP contribution in [0.2, 0.25) is 0 Å². The first-order valence-corrected chi connectivity index (χ1v) is 17.5. The van der Waals surface area contributed by atoms with Crippen molar-refractivity contribution in [2.24, 2.45) is 34.5 Å². The first-order chi connectivity index (χ1) is 14.4. The lowest BCUT2D eigenvalue weighted by molar-refractivity contribution is -0.164. The summed E-state index contributed by atoms with van der Waals surface area (Å²) in [7, 11) is 0. The second kappa shape index (κ2) is 17.7. The van der Waals surface area contributed by atoms with Crippen LogP contribution in [0.15, 0.2) is 0 Å². The van der Waals surface area contributed by atoms with Gasteiger partial charge in [-0.05, 0) is 11.8 Å². The zero-order valence-corrected chi connectivity index (χ0v) is 26.5. The summed E-state index contributed by atoms with van der Waals surface area (Å²) in [4.78, 5) is 22.8. The van der Waals surface area contributed by atoms with Crippen LogP contribution in [0.1, 0.15) is 83.1 Å². The Morgan fingerprint density at radius 3 is 1.47 bits per heavy atom. The number of esters is 2. The number of hydrogen-bond donors (Lipinski definition) is 2. The van der Waals surface area contributed by atoms with E-state index in [1.54, 1.807) is 13.8 Å². The van der Waals surface area contributed by atoms with Crippen molar-refractivity contribution in [3.05, 3.63) is 0 Å². The Labute approximate surface area is 220 Å². The van der Waals surface area contributed by atoms with Crippen molar-refractivity contribution in [2.75, 3.05) is 13.2 Å². The third-order valence-corrected chi connectivity index (χ3v) is 4.99. The van der Waals surface area contributed by atoms with Crippen molar-refractivity contribution in [3.8, 4) is 0 Å². The standard InChI is InChI=1S/2C12H24O3.I2/c1-8(2)10(13)12(5,6)7-15-11(14)9(3)4;1-8(2)10(12(5,6)7-13)15-11(14)9(3)4;1-2/h2*8-10,13H,7H2,1-6H3;. The fraction of sp³-hybridized carbons (Fsp3) is 0.917. The third kappa shape index (κ3) is 15.3. The fourth-order valence-electron chi connectivity index (χ4n) is 2.96. The molecular weight excluding hydrogens is 638 g/mol. The van der Waals surface area contributed by atoms with Crippen molar-refractivity contribution < 1.29 is 29.3 Å². The normalized spacial score (nSPS) is 13.8. The van der Waals surface area contributed by atoms with Crippen molar-refractivity contribution in [1.82, 2.24) is 0 Å². The molecule has 0 bridgehead atoms. The highest BCUT2D eigenvalue weighted by molar-refractivity contribution is 15.0. The lowest BCUT2D eigenvalue weighted by atomic mass is 9.81. The van der Waals surface area contributed by atoms with E-state index in [1.807, 2.05) is 69.2 Å². The molecule has 6 nitrogen and oxygen atoms in total. The van der Waals surface area contributed by atoms with Crippen LogP contribution in [0.3, 0.4) is 0 Å². The molecule has 0 aromatic rings. The van der Waals surface area contributed by atoms with Crippen LogP contribution in [0.25, 0.3) is 0 Å². The third-order valence-electron chi connectivity index (χ3n) is 4.99. The molecule has 0 aliphatic heterocycles. The van der Waals surface area contributed by atoms with Crippen molar-refractivity contribution in [2.45, 2.75) is 95.3 Å². The lowest BCUT2D eigenvalue weighted by Gasteiger charge is -2.35. The number of hydrogen-bond acceptors (Lipinski definition) is 6. The zero-order valence-electron chi connectivity index (χ0n) is 22.2. The summed E-state index contributed by atoms with van der Waals surface area (Å²) in [6, 6.07) is 0. The van der Waals surface area contributed by atoms with Crippen molar-refractivity contribution in [3.63, 3.8) is 0 Å². The summed E-state index contributed by atoms with van der Waals surface area (Å²) in [5.74, 6) is -0.278. The molecular formula is C24H48I2O6. The van der Waals surface area contributed by atoms with Gasteiger partial charge < -0.3 is 19.7 Å². The summed E-state index contributed by atoms with van der Waals surface area (Å²) in [6.07, 6.45) is -0.699. The zero-order chi connectivity index (χ0) is 26.4. The number of aliphatic hydroxyl groups excluding tert-OH is 2. The fourth-order valence-corrected chi connectivity index (χ4v) is 2.96. The molecule has 0 heterocycles. The average molecular weight is 686 g/mol. The van der Waals surface area contributed by atoms with Gasteiger partial charge in [0.15, 0.2) is 0 Å². The van der Waals surface area contributed by atoms with Crippen LogP contribution < -0.4 is 0 Å². The summed E-state index contributed by atoms with van der Waals surface area (Å²) in [5.41, 5.74) is -0.780. The molecule has 0 amide bonds. The molecule has 0 aliphatic rings. The number of rotatable bonds is 10. The molecule has 0 rings (SSSR count). The quantitative estimate of drug-likeness (QED) is 0.209. The highest BCUT2D eigenvalue weighted by Gasteiger charge is 2.35. The van der Waals surface area contributed by atoms with Gasteiger partial charge in [0, 0.05) is 48.1 Å². The average Bonchev–Trinajstić information content (AvgIpc) is 2.70. The molecule has 0 saturated carbocycles. The minimum Gasteiger partial charge on any atom is -0.465 e. The molecule has 2 unspecified atom stereocenters. The molecule has 8 heteroatoms. The number of carbonyl (C=O) groups is 2. The molecule has 0 aliphatic carbocycles. The number of halogens is 2. The van der Waals surface area contributed by atoms with Gasteiger partial charge in [0.05, 0.1) is 31.2 Å². The SMILES string of the molecule is CC(C)C(=O)OC(C(C)C)C(C)(C)CO.CC(C)C(=O)OCC(C)(C)C(O)C(C)C.II. The van der Waals surface area contributed by atoms with Gasteiger partial charge >= 0.3 is 11.9 Å². The second-order valence-electron chi connectivity index (χ2n) is 10.8. The van der Waals surface area contributed by atoms with Gasteiger partial charge in [0.25, 0.3) is 0 Å². The number of aliphatic hydroxyl groups is 2. The van der Waals surface area contributed by atoms with Crippen LogP contribution in [0.5, 0.6) is 0 Å². The molecule has 32 heavy (non-hydrogen) atoms. The summed E-state index contributed by atoms with van der Waals surface area (Å²) < 4.78 is 10.6. The maximum absolute atomic E-state index is 11.5. The minimum absolute atomic E-state index is 0.0151. The largest absolute Gasteiger partial charge is 0.465 e. The number of carbonyl (C=O) groups excluding carboxylic acids is 2. The van der Waals surface area contributed by atoms with Gasteiger partial charge in [-0.25, -0.2) is 0 Å². The summed E-state index contributed by atoms with van der Waals surface area (Å²) in [5, 5.41) is 19.2. The molecule has 2 atom stereocenters. The van der Waals surface area contributed by atoms with Gasteiger partial charge in [-0.15, -0.1) is 0 Å².